The summed E-state index contributed by atoms with van der Waals surface area (Å²) in [7, 11) is 0. The second-order valence-corrected chi connectivity index (χ2v) is 8.31. The van der Waals surface area contributed by atoms with Crippen LogP contribution in [0.4, 0.5) is 0 Å². The number of hydrogen-bond donors (Lipinski definition) is 3. The molecule has 164 valence electrons. The monoisotopic (exact) mass is 475 g/mol. The van der Waals surface area contributed by atoms with Gasteiger partial charge in [0.05, 0.1) is 16.8 Å². The van der Waals surface area contributed by atoms with Gasteiger partial charge in [-0.15, -0.1) is 11.3 Å². The lowest BCUT2D eigenvalue weighted by Crippen LogP contribution is -2.33. The van der Waals surface area contributed by atoms with Crippen molar-refractivity contribution in [2.45, 2.75) is 0 Å². The number of aromatic hydroxyl groups is 1. The van der Waals surface area contributed by atoms with Crippen LogP contribution < -0.4 is 10.7 Å². The van der Waals surface area contributed by atoms with E-state index in [1.54, 1.807) is 42.5 Å². The summed E-state index contributed by atoms with van der Waals surface area (Å²) in [5.74, 6) is -1.11. The molecule has 0 atom stereocenters. The van der Waals surface area contributed by atoms with Crippen molar-refractivity contribution in [3.8, 4) is 5.75 Å². The lowest BCUT2D eigenvalue weighted by Gasteiger charge is -2.10. The Morgan fingerprint density at radius 1 is 0.970 bits per heavy atom. The average molecular weight is 476 g/mol. The van der Waals surface area contributed by atoms with Crippen molar-refractivity contribution in [3.63, 3.8) is 0 Å². The summed E-state index contributed by atoms with van der Waals surface area (Å²) in [6.45, 7) is 0. The quantitative estimate of drug-likeness (QED) is 0.204. The van der Waals surface area contributed by atoms with Gasteiger partial charge in [0.1, 0.15) is 11.4 Å². The van der Waals surface area contributed by atoms with Crippen LogP contribution in [0.2, 0.25) is 5.02 Å². The zero-order valence-electron chi connectivity index (χ0n) is 17.2. The molecule has 0 saturated carbocycles. The van der Waals surface area contributed by atoms with Crippen LogP contribution in [-0.2, 0) is 4.79 Å². The van der Waals surface area contributed by atoms with E-state index < -0.39 is 11.8 Å². The van der Waals surface area contributed by atoms with Gasteiger partial charge in [-0.05, 0) is 46.5 Å². The summed E-state index contributed by atoms with van der Waals surface area (Å²) in [5, 5.41) is 20.7. The molecule has 0 fully saturated rings. The van der Waals surface area contributed by atoms with E-state index in [2.05, 4.69) is 15.8 Å². The molecule has 0 unspecified atom stereocenters. The second-order valence-electron chi connectivity index (χ2n) is 6.93. The molecule has 4 aromatic rings. The van der Waals surface area contributed by atoms with E-state index in [4.69, 9.17) is 11.6 Å². The number of carbonyl (C=O) groups is 2. The maximum atomic E-state index is 12.9. The molecule has 2 amide bonds. The molecule has 0 aliphatic rings. The van der Waals surface area contributed by atoms with Crippen LogP contribution in [0.1, 0.15) is 20.8 Å². The van der Waals surface area contributed by atoms with E-state index in [-0.39, 0.29) is 22.0 Å². The number of hydrogen-bond acceptors (Lipinski definition) is 5. The molecular formula is C25H18ClN3O3S. The molecule has 33 heavy (non-hydrogen) atoms. The van der Waals surface area contributed by atoms with Crippen LogP contribution in [-0.4, -0.2) is 23.1 Å². The van der Waals surface area contributed by atoms with Gasteiger partial charge in [-0.1, -0.05) is 60.1 Å². The molecule has 0 spiro atoms. The summed E-state index contributed by atoms with van der Waals surface area (Å²) >= 11 is 7.53. The third kappa shape index (κ3) is 5.28. The summed E-state index contributed by atoms with van der Waals surface area (Å²) in [5.41, 5.74) is 3.13. The average Bonchev–Trinajstić information content (AvgIpc) is 3.33. The van der Waals surface area contributed by atoms with E-state index in [0.717, 1.165) is 15.6 Å². The van der Waals surface area contributed by atoms with Gasteiger partial charge in [0, 0.05) is 10.4 Å². The number of rotatable bonds is 6. The van der Waals surface area contributed by atoms with Crippen molar-refractivity contribution in [2.24, 2.45) is 5.10 Å². The van der Waals surface area contributed by atoms with Crippen LogP contribution in [0.15, 0.2) is 89.0 Å². The van der Waals surface area contributed by atoms with Crippen molar-refractivity contribution in [1.29, 1.82) is 0 Å². The van der Waals surface area contributed by atoms with Gasteiger partial charge in [0.2, 0.25) is 0 Å². The van der Waals surface area contributed by atoms with E-state index >= 15 is 0 Å². The molecule has 4 rings (SSSR count). The number of phenols is 1. The van der Waals surface area contributed by atoms with Crippen LogP contribution in [0.25, 0.3) is 16.8 Å². The summed E-state index contributed by atoms with van der Waals surface area (Å²) in [4.78, 5) is 26.3. The third-order valence-electron chi connectivity index (χ3n) is 4.75. The fourth-order valence-electron chi connectivity index (χ4n) is 3.14. The largest absolute Gasteiger partial charge is 0.507 e. The zero-order valence-corrected chi connectivity index (χ0v) is 18.7. The number of halogens is 1. The van der Waals surface area contributed by atoms with Gasteiger partial charge in [-0.3, -0.25) is 9.59 Å². The van der Waals surface area contributed by atoms with Crippen molar-refractivity contribution in [1.82, 2.24) is 10.7 Å². The summed E-state index contributed by atoms with van der Waals surface area (Å²) in [6.07, 6.45) is 2.92. The Hall–Kier alpha value is -3.94. The number of hydrazone groups is 1. The lowest BCUT2D eigenvalue weighted by molar-refractivity contribution is -0.117. The highest BCUT2D eigenvalue weighted by atomic mass is 35.5. The van der Waals surface area contributed by atoms with E-state index in [9.17, 15) is 14.7 Å². The number of amides is 2. The summed E-state index contributed by atoms with van der Waals surface area (Å²) < 4.78 is 0. The predicted molar refractivity (Wildman–Crippen MR) is 133 cm³/mol. The van der Waals surface area contributed by atoms with Gasteiger partial charge in [-0.25, -0.2) is 5.43 Å². The van der Waals surface area contributed by atoms with Crippen LogP contribution in [0, 0.1) is 0 Å². The van der Waals surface area contributed by atoms with E-state index in [1.807, 2.05) is 41.8 Å². The minimum absolute atomic E-state index is 0.00154. The number of phenolic OH excluding ortho intramolecular Hbond substituents is 1. The minimum Gasteiger partial charge on any atom is -0.507 e. The van der Waals surface area contributed by atoms with Crippen molar-refractivity contribution in [2.75, 3.05) is 0 Å². The number of nitrogens with one attached hydrogen (secondary N) is 2. The van der Waals surface area contributed by atoms with Gasteiger partial charge in [0.25, 0.3) is 11.8 Å². The van der Waals surface area contributed by atoms with Crippen molar-refractivity contribution >= 4 is 57.8 Å². The Labute approximate surface area is 198 Å². The molecule has 0 saturated heterocycles. The Morgan fingerprint density at radius 2 is 1.76 bits per heavy atom. The van der Waals surface area contributed by atoms with E-state index in [1.165, 1.54) is 17.6 Å². The number of thiophene rings is 1. The first-order valence-electron chi connectivity index (χ1n) is 9.88. The fourth-order valence-corrected chi connectivity index (χ4v) is 4.02. The van der Waals surface area contributed by atoms with Gasteiger partial charge in [-0.2, -0.15) is 5.10 Å². The van der Waals surface area contributed by atoms with Crippen LogP contribution >= 0.6 is 22.9 Å². The molecule has 3 aromatic carbocycles. The maximum absolute atomic E-state index is 12.9. The third-order valence-corrected chi connectivity index (χ3v) is 5.90. The number of carbonyl (C=O) groups excluding carboxylic acids is 2. The minimum atomic E-state index is -0.625. The standard InChI is InChI=1S/C25H18ClN3O3S/c26-21-10-4-3-9-19(21)24(31)28-22(14-17-7-5-13-33-17)25(32)29-27-15-20-18-8-2-1-6-16(18)11-12-23(20)30/h1-15,30H,(H,28,31)(H,29,32)/b22-14-,27-15?. The number of benzene rings is 3. The molecule has 1 heterocycles. The Balaban J connectivity index is 1.57. The molecule has 0 radical (unpaired) electrons. The van der Waals surface area contributed by atoms with Gasteiger partial charge in [0.15, 0.2) is 0 Å². The van der Waals surface area contributed by atoms with E-state index in [0.29, 0.717) is 5.56 Å². The molecular weight excluding hydrogens is 458 g/mol. The lowest BCUT2D eigenvalue weighted by atomic mass is 10.0. The second kappa shape index (κ2) is 10.1. The molecule has 6 nitrogen and oxygen atoms in total. The highest BCUT2D eigenvalue weighted by molar-refractivity contribution is 7.10. The smallest absolute Gasteiger partial charge is 0.287 e. The predicted octanol–water partition coefficient (Wildman–Crippen LogP) is 5.18. The Morgan fingerprint density at radius 3 is 2.55 bits per heavy atom. The molecule has 1 aromatic heterocycles. The normalized spacial score (nSPS) is 11.6. The Kier molecular flexibility index (Phi) is 6.83. The Bertz CT molecular complexity index is 1380. The van der Waals surface area contributed by atoms with Crippen molar-refractivity contribution < 1.29 is 14.7 Å². The number of nitrogens with zero attached hydrogens (tertiary/aromatic N) is 1. The zero-order chi connectivity index (χ0) is 23.2. The fraction of sp³-hybridized carbons (Fsp3) is 0. The first-order valence-corrected chi connectivity index (χ1v) is 11.1. The van der Waals surface area contributed by atoms with Crippen LogP contribution in [0.5, 0.6) is 5.75 Å². The van der Waals surface area contributed by atoms with Crippen molar-refractivity contribution in [3.05, 3.63) is 105 Å². The highest BCUT2D eigenvalue weighted by Gasteiger charge is 2.16. The molecule has 0 aliphatic carbocycles. The molecule has 3 N–H and O–H groups in total. The molecule has 0 bridgehead atoms. The van der Waals surface area contributed by atoms with Crippen LogP contribution in [0.3, 0.4) is 0 Å². The highest BCUT2D eigenvalue weighted by Crippen LogP contribution is 2.25. The molecule has 8 heteroatoms. The van der Waals surface area contributed by atoms with Gasteiger partial charge < -0.3 is 10.4 Å². The van der Waals surface area contributed by atoms with Gasteiger partial charge >= 0.3 is 0 Å². The number of fused-ring (bicyclic) bond motifs is 1. The first kappa shape index (κ1) is 22.3. The first-order chi connectivity index (χ1) is 16.0. The SMILES string of the molecule is O=C(NN=Cc1c(O)ccc2ccccc12)/C(=C/c1cccs1)NC(=O)c1ccccc1Cl. The molecule has 0 aliphatic heterocycles. The maximum Gasteiger partial charge on any atom is 0.287 e. The topological polar surface area (TPSA) is 90.8 Å². The summed E-state index contributed by atoms with van der Waals surface area (Å²) in [6, 6.07) is 21.1.